The summed E-state index contributed by atoms with van der Waals surface area (Å²) < 4.78 is 25.1. The van der Waals surface area contributed by atoms with Crippen LogP contribution in [-0.4, -0.2) is 155 Å². The zero-order chi connectivity index (χ0) is 55.2. The molecule has 6 bridgehead atoms. The van der Waals surface area contributed by atoms with Crippen LogP contribution >= 0.6 is 0 Å². The smallest absolute Gasteiger partial charge is 0.324 e. The first-order valence-electron chi connectivity index (χ1n) is 30.9. The number of hydrazine groups is 1. The molecule has 3 saturated carbocycles. The molecule has 13 rings (SSSR count). The van der Waals surface area contributed by atoms with Crippen molar-refractivity contribution in [2.24, 2.45) is 22.7 Å². The monoisotopic (exact) mass is 1090 g/mol. The molecule has 0 unspecified atom stereocenters. The van der Waals surface area contributed by atoms with E-state index < -0.39 is 35.3 Å². The van der Waals surface area contributed by atoms with Crippen LogP contribution in [0, 0.1) is 28.5 Å². The molecule has 9 aliphatic rings. The number of halogens is 1. The summed E-state index contributed by atoms with van der Waals surface area (Å²) in [5.41, 5.74) is 11.3. The second-order valence-corrected chi connectivity index (χ2v) is 26.9. The molecule has 80 heavy (non-hydrogen) atoms. The number of aromatic nitrogens is 2. The third kappa shape index (κ3) is 10.7. The number of piperazine rings is 1. The Hall–Kier alpha value is -5.42. The predicted octanol–water partition coefficient (Wildman–Crippen LogP) is 7.82. The lowest BCUT2D eigenvalue weighted by Gasteiger charge is -2.37. The van der Waals surface area contributed by atoms with E-state index in [0.717, 1.165) is 135 Å². The van der Waals surface area contributed by atoms with E-state index in [9.17, 15) is 9.59 Å². The van der Waals surface area contributed by atoms with Gasteiger partial charge in [-0.25, -0.2) is 9.82 Å². The topological polar surface area (TPSA) is 158 Å². The third-order valence-corrected chi connectivity index (χ3v) is 20.0. The third-order valence-electron chi connectivity index (χ3n) is 20.0. The average molecular weight is 1090 g/mol. The number of anilines is 1. The van der Waals surface area contributed by atoms with Crippen LogP contribution in [-0.2, 0) is 43.3 Å². The number of ether oxygens (including phenoxy) is 1. The number of esters is 1. The number of nitrogens with one attached hydrogen (secondary N) is 3. The highest BCUT2D eigenvalue weighted by molar-refractivity contribution is 5.96. The molecule has 428 valence electrons. The number of benzene rings is 2. The van der Waals surface area contributed by atoms with Crippen LogP contribution in [0.2, 0.25) is 0 Å². The average Bonchev–Trinajstić information content (AvgIpc) is 4.50. The van der Waals surface area contributed by atoms with E-state index in [-0.39, 0.29) is 54.0 Å². The van der Waals surface area contributed by atoms with Gasteiger partial charge in [-0.15, -0.1) is 0 Å². The maximum Gasteiger partial charge on any atom is 0.324 e. The molecule has 8 fully saturated rings. The van der Waals surface area contributed by atoms with Crippen molar-refractivity contribution in [1.29, 1.82) is 0 Å². The first kappa shape index (κ1) is 53.9. The Morgan fingerprint density at radius 2 is 1.66 bits per heavy atom. The Morgan fingerprint density at radius 3 is 2.41 bits per heavy atom. The second kappa shape index (κ2) is 21.4. The number of nitrogens with zero attached hydrogens (tertiary/aromatic N) is 7. The van der Waals surface area contributed by atoms with E-state index in [1.807, 2.05) is 6.07 Å². The first-order valence-corrected chi connectivity index (χ1v) is 30.9. The van der Waals surface area contributed by atoms with Gasteiger partial charge < -0.3 is 24.4 Å². The van der Waals surface area contributed by atoms with Crippen LogP contribution in [0.15, 0.2) is 48.7 Å². The number of aryl methyl sites for hydroxylation is 1. The van der Waals surface area contributed by atoms with Crippen LogP contribution in [0.1, 0.15) is 134 Å². The van der Waals surface area contributed by atoms with Crippen molar-refractivity contribution in [3.63, 3.8) is 0 Å². The van der Waals surface area contributed by atoms with Crippen molar-refractivity contribution < 1.29 is 28.3 Å². The Bertz CT molecular complexity index is 3050. The lowest BCUT2D eigenvalue weighted by molar-refractivity contribution is -0.155. The quantitative estimate of drug-likeness (QED) is 0.0995. The summed E-state index contributed by atoms with van der Waals surface area (Å²) in [4.78, 5) is 73.2. The number of pyridine rings is 1. The maximum absolute atomic E-state index is 16.4. The summed E-state index contributed by atoms with van der Waals surface area (Å²) in [5, 5.41) is 9.32. The molecule has 2 aromatic heterocycles. The normalized spacial score (nSPS) is 28.3. The minimum Gasteiger partial charge on any atom is -0.464 e. The zero-order valence-electron chi connectivity index (χ0n) is 48.0. The van der Waals surface area contributed by atoms with Crippen molar-refractivity contribution >= 4 is 40.3 Å². The van der Waals surface area contributed by atoms with Gasteiger partial charge in [0.1, 0.15) is 23.9 Å². The fourth-order valence-corrected chi connectivity index (χ4v) is 15.4. The van der Waals surface area contributed by atoms with Gasteiger partial charge in [0.2, 0.25) is 11.8 Å². The number of amides is 3. The number of hydrogen-bond donors (Lipinski definition) is 3. The highest BCUT2D eigenvalue weighted by Gasteiger charge is 2.55. The van der Waals surface area contributed by atoms with E-state index in [2.05, 4.69) is 105 Å². The molecule has 6 aliphatic heterocycles. The van der Waals surface area contributed by atoms with Crippen LogP contribution in [0.4, 0.5) is 10.1 Å². The Labute approximate surface area is 472 Å². The van der Waals surface area contributed by atoms with Gasteiger partial charge in [0.05, 0.1) is 35.9 Å². The molecular formula is C64H85FN10O5. The molecule has 6 atom stereocenters. The van der Waals surface area contributed by atoms with E-state index in [0.29, 0.717) is 62.0 Å². The summed E-state index contributed by atoms with van der Waals surface area (Å²) in [6.45, 7) is 19.0. The van der Waals surface area contributed by atoms with Gasteiger partial charge in [-0.2, -0.15) is 0 Å². The largest absolute Gasteiger partial charge is 0.464 e. The van der Waals surface area contributed by atoms with Gasteiger partial charge >= 0.3 is 5.97 Å². The Kier molecular flexibility index (Phi) is 14.4. The molecular weight excluding hydrogens is 1010 g/mol. The highest BCUT2D eigenvalue weighted by atomic mass is 19.1. The van der Waals surface area contributed by atoms with Gasteiger partial charge in [-0.05, 0) is 154 Å². The minimum atomic E-state index is -1.06. The lowest BCUT2D eigenvalue weighted by atomic mass is 9.83. The predicted molar refractivity (Wildman–Crippen MR) is 308 cm³/mol. The van der Waals surface area contributed by atoms with Gasteiger partial charge in [0, 0.05) is 105 Å². The highest BCUT2D eigenvalue weighted by Crippen LogP contribution is 2.47. The van der Waals surface area contributed by atoms with Gasteiger partial charge in [0.25, 0.3) is 5.91 Å². The second-order valence-electron chi connectivity index (χ2n) is 26.9. The molecule has 0 radical (unpaired) electrons. The lowest BCUT2D eigenvalue weighted by Crippen LogP contribution is -2.62. The van der Waals surface area contributed by atoms with Crippen molar-refractivity contribution in [1.82, 2.24) is 45.3 Å². The fraction of sp³-hybridized carbons (Fsp3) is 0.641. The van der Waals surface area contributed by atoms with E-state index in [1.54, 1.807) is 6.07 Å². The molecule has 16 heteroatoms. The van der Waals surface area contributed by atoms with Crippen LogP contribution in [0.5, 0.6) is 0 Å². The molecule has 3 N–H and O–H groups in total. The molecule has 1 spiro atoms. The summed E-state index contributed by atoms with van der Waals surface area (Å²) in [5.74, 6) is -0.246. The van der Waals surface area contributed by atoms with Crippen LogP contribution < -0.4 is 21.0 Å². The SMILES string of the molecule is CCn1c(-c2cc(N3CCN(C4CC4)CC3)cnc2C(C)C)c2c3cc(ccc31)-c1cc(F)cc(c1)C[C@H](NC(=O)[C@H](C1CCCC1)N1CC[C@]3(CCN(C(=O)[C@@H]4N[C@@H]4C4CC4)C3)C1)C(=O)N1CCC[C@H](N1)C(=O)OCC(C)(C)C2. The van der Waals surface area contributed by atoms with Crippen LogP contribution in [0.25, 0.3) is 33.3 Å². The molecule has 3 amide bonds. The van der Waals surface area contributed by atoms with E-state index in [1.165, 1.54) is 36.8 Å². The number of rotatable bonds is 11. The molecule has 4 aromatic rings. The number of fused-ring (bicyclic) bond motifs is 6. The molecule has 15 nitrogen and oxygen atoms in total. The van der Waals surface area contributed by atoms with E-state index >= 15 is 14.0 Å². The molecule has 5 saturated heterocycles. The molecule has 8 heterocycles. The molecule has 3 aliphatic carbocycles. The van der Waals surface area contributed by atoms with Crippen molar-refractivity contribution in [2.75, 3.05) is 70.4 Å². The summed E-state index contributed by atoms with van der Waals surface area (Å²) in [7, 11) is 0. The van der Waals surface area contributed by atoms with Gasteiger partial charge in [-0.1, -0.05) is 52.7 Å². The van der Waals surface area contributed by atoms with Crippen LogP contribution in [0.3, 0.4) is 0 Å². The first-order chi connectivity index (χ1) is 38.6. The number of carbonyl (C=O) groups excluding carboxylic acids is 4. The maximum atomic E-state index is 16.4. The fourth-order valence-electron chi connectivity index (χ4n) is 15.4. The molecule has 2 aromatic carbocycles. The standard InChI is InChI=1S/C64H85FN10O5/c1-6-74-53-18-15-43-32-48(53)50(58(74)49-33-47(35-66-54(49)39(2)3)71-26-24-70(25-27-71)46-16-17-46)34-63(4,5)38-80-62(79)51-12-9-21-75(69-51)60(77)52(30-40-28-44(43)31-45(65)29-40)67-59(76)57(42-10-7-8-11-42)72-22-19-64(36-72)20-23-73(37-64)61(78)56-55(68-56)41-13-14-41/h15,18,28-29,31-33,35,39,41-42,46,51-52,55-57,68-69H,6-14,16-17,19-27,30,34,36-38H2,1-5H3,(H,67,76)/t51-,52-,55+,56+,57-,64-/m0/s1. The number of carbonyl (C=O) groups is 4. The summed E-state index contributed by atoms with van der Waals surface area (Å²) in [6, 6.07) is 12.6. The Balaban J connectivity index is 0.840. The minimum absolute atomic E-state index is 0.0458. The van der Waals surface area contributed by atoms with Crippen molar-refractivity contribution in [3.05, 3.63) is 71.3 Å². The number of likely N-dealkylation sites (tertiary alicyclic amines) is 2. The summed E-state index contributed by atoms with van der Waals surface area (Å²) in [6.07, 6.45) is 14.6. The van der Waals surface area contributed by atoms with Crippen molar-refractivity contribution in [3.8, 4) is 22.4 Å². The van der Waals surface area contributed by atoms with Gasteiger partial charge in [-0.3, -0.25) is 44.3 Å². The van der Waals surface area contributed by atoms with Crippen molar-refractivity contribution in [2.45, 2.75) is 173 Å². The Morgan fingerprint density at radius 1 is 0.875 bits per heavy atom. The number of hydrogen-bond acceptors (Lipinski definition) is 11. The number of cyclic esters (lactones) is 1. The zero-order valence-corrected chi connectivity index (χ0v) is 48.0. The summed E-state index contributed by atoms with van der Waals surface area (Å²) >= 11 is 0. The van der Waals surface area contributed by atoms with Gasteiger partial charge in [0.15, 0.2) is 0 Å². The van der Waals surface area contributed by atoms with E-state index in [4.69, 9.17) is 9.72 Å².